The summed E-state index contributed by atoms with van der Waals surface area (Å²) in [5.74, 6) is 0.0328. The first kappa shape index (κ1) is 18.5. The van der Waals surface area contributed by atoms with Gasteiger partial charge in [-0.15, -0.1) is 0 Å². The maximum atomic E-state index is 12.3. The third-order valence-corrected chi connectivity index (χ3v) is 4.56. The molecule has 2 aromatic rings. The number of carbonyl (C=O) groups excluding carboxylic acids is 1. The highest BCUT2D eigenvalue weighted by atomic mass is 35.5. The van der Waals surface area contributed by atoms with Gasteiger partial charge in [0.2, 0.25) is 5.91 Å². The Balaban J connectivity index is 2.06. The quantitative estimate of drug-likeness (QED) is 0.782. The highest BCUT2D eigenvalue weighted by molar-refractivity contribution is 6.31. The van der Waals surface area contributed by atoms with E-state index < -0.39 is 0 Å². The van der Waals surface area contributed by atoms with E-state index in [1.54, 1.807) is 0 Å². The van der Waals surface area contributed by atoms with Crippen molar-refractivity contribution in [3.63, 3.8) is 0 Å². The Morgan fingerprint density at radius 2 is 1.67 bits per heavy atom. The lowest BCUT2D eigenvalue weighted by Gasteiger charge is -2.31. The van der Waals surface area contributed by atoms with Crippen molar-refractivity contribution in [3.05, 3.63) is 70.7 Å². The predicted molar refractivity (Wildman–Crippen MR) is 100 cm³/mol. The van der Waals surface area contributed by atoms with Crippen molar-refractivity contribution in [2.24, 2.45) is 0 Å². The topological polar surface area (TPSA) is 32.3 Å². The zero-order valence-corrected chi connectivity index (χ0v) is 15.1. The first-order valence-corrected chi connectivity index (χ1v) is 8.82. The van der Waals surface area contributed by atoms with Crippen LogP contribution in [0.5, 0.6) is 0 Å². The van der Waals surface area contributed by atoms with Crippen LogP contribution in [-0.4, -0.2) is 30.4 Å². The van der Waals surface area contributed by atoms with Crippen LogP contribution in [-0.2, 0) is 11.2 Å². The average molecular weight is 345 g/mol. The molecule has 24 heavy (non-hydrogen) atoms. The summed E-state index contributed by atoms with van der Waals surface area (Å²) in [6.45, 7) is 6.61. The second-order valence-electron chi connectivity index (χ2n) is 5.72. The third kappa shape index (κ3) is 5.08. The van der Waals surface area contributed by atoms with Gasteiger partial charge in [-0.3, -0.25) is 9.69 Å². The van der Waals surface area contributed by atoms with Gasteiger partial charge in [0.1, 0.15) is 0 Å². The van der Waals surface area contributed by atoms with Gasteiger partial charge in [-0.05, 0) is 30.3 Å². The Bertz CT molecular complexity index is 641. The van der Waals surface area contributed by atoms with Crippen LogP contribution in [0.15, 0.2) is 54.6 Å². The first-order valence-electron chi connectivity index (χ1n) is 8.44. The zero-order chi connectivity index (χ0) is 17.4. The third-order valence-electron chi connectivity index (χ3n) is 4.22. The summed E-state index contributed by atoms with van der Waals surface area (Å²) in [6, 6.07) is 17.7. The molecule has 3 nitrogen and oxygen atoms in total. The van der Waals surface area contributed by atoms with Crippen LogP contribution in [0.2, 0.25) is 5.02 Å². The van der Waals surface area contributed by atoms with Crippen LogP contribution in [0.4, 0.5) is 0 Å². The minimum Gasteiger partial charge on any atom is -0.354 e. The molecule has 0 aliphatic heterocycles. The first-order chi connectivity index (χ1) is 11.7. The summed E-state index contributed by atoms with van der Waals surface area (Å²) in [5.41, 5.74) is 2.08. The molecular weight excluding hydrogens is 320 g/mol. The number of halogens is 1. The van der Waals surface area contributed by atoms with E-state index in [2.05, 4.69) is 24.1 Å². The fourth-order valence-corrected chi connectivity index (χ4v) is 3.16. The molecule has 0 saturated carbocycles. The van der Waals surface area contributed by atoms with Gasteiger partial charge in [0.15, 0.2) is 0 Å². The Morgan fingerprint density at radius 3 is 2.29 bits per heavy atom. The van der Waals surface area contributed by atoms with Crippen molar-refractivity contribution in [1.29, 1.82) is 0 Å². The van der Waals surface area contributed by atoms with E-state index >= 15 is 0 Å². The molecule has 1 N–H and O–H groups in total. The number of carbonyl (C=O) groups is 1. The molecule has 0 aliphatic rings. The largest absolute Gasteiger partial charge is 0.354 e. The van der Waals surface area contributed by atoms with E-state index in [0.717, 1.165) is 29.2 Å². The minimum atomic E-state index is 0.0328. The maximum Gasteiger partial charge on any atom is 0.224 e. The van der Waals surface area contributed by atoms with Crippen LogP contribution in [0, 0.1) is 0 Å². The van der Waals surface area contributed by atoms with Gasteiger partial charge in [0.25, 0.3) is 0 Å². The Hall–Kier alpha value is -1.84. The van der Waals surface area contributed by atoms with E-state index in [9.17, 15) is 4.79 Å². The predicted octanol–water partition coefficient (Wildman–Crippen LogP) is 4.08. The van der Waals surface area contributed by atoms with Crippen LogP contribution >= 0.6 is 11.6 Å². The summed E-state index contributed by atoms with van der Waals surface area (Å²) in [4.78, 5) is 14.6. The van der Waals surface area contributed by atoms with Gasteiger partial charge in [-0.2, -0.15) is 0 Å². The summed E-state index contributed by atoms with van der Waals surface area (Å²) in [5, 5.41) is 3.81. The summed E-state index contributed by atoms with van der Waals surface area (Å²) in [7, 11) is 0. The molecule has 0 aliphatic carbocycles. The van der Waals surface area contributed by atoms with Gasteiger partial charge in [0, 0.05) is 11.6 Å². The van der Waals surface area contributed by atoms with Crippen molar-refractivity contribution in [2.75, 3.05) is 19.6 Å². The normalized spacial score (nSPS) is 12.2. The molecule has 2 aromatic carbocycles. The number of likely N-dealkylation sites (N-methyl/N-ethyl adjacent to an activating group) is 1. The van der Waals surface area contributed by atoms with Crippen LogP contribution in [0.1, 0.15) is 31.0 Å². The van der Waals surface area contributed by atoms with Crippen LogP contribution < -0.4 is 5.32 Å². The van der Waals surface area contributed by atoms with Crippen molar-refractivity contribution < 1.29 is 4.79 Å². The zero-order valence-electron chi connectivity index (χ0n) is 14.3. The lowest BCUT2D eigenvalue weighted by molar-refractivity contribution is -0.120. The van der Waals surface area contributed by atoms with Gasteiger partial charge in [-0.25, -0.2) is 0 Å². The lowest BCUT2D eigenvalue weighted by Crippen LogP contribution is -2.38. The molecule has 128 valence electrons. The van der Waals surface area contributed by atoms with Gasteiger partial charge in [0.05, 0.1) is 12.5 Å². The molecule has 0 aromatic heterocycles. The number of nitrogens with zero attached hydrogens (tertiary/aromatic N) is 1. The standard InChI is InChI=1S/C20H25ClN2O/c1-3-23(4-2)19(17-12-8-9-13-18(17)21)15-22-20(24)14-16-10-6-5-7-11-16/h5-13,19H,3-4,14-15H2,1-2H3,(H,22,24)/t19-/m1/s1. The summed E-state index contributed by atoms with van der Waals surface area (Å²) >= 11 is 6.38. The van der Waals surface area contributed by atoms with Crippen molar-refractivity contribution in [1.82, 2.24) is 10.2 Å². The monoisotopic (exact) mass is 344 g/mol. The summed E-state index contributed by atoms with van der Waals surface area (Å²) in [6.07, 6.45) is 0.397. The highest BCUT2D eigenvalue weighted by Gasteiger charge is 2.20. The van der Waals surface area contributed by atoms with Gasteiger partial charge >= 0.3 is 0 Å². The average Bonchev–Trinajstić information content (AvgIpc) is 2.60. The molecule has 1 amide bonds. The van der Waals surface area contributed by atoms with Crippen molar-refractivity contribution in [2.45, 2.75) is 26.3 Å². The SMILES string of the molecule is CCN(CC)[C@H](CNC(=O)Cc1ccccc1)c1ccccc1Cl. The van der Waals surface area contributed by atoms with Crippen molar-refractivity contribution >= 4 is 17.5 Å². The molecule has 1 atom stereocenters. The van der Waals surface area contributed by atoms with Crippen LogP contribution in [0.25, 0.3) is 0 Å². The van der Waals surface area contributed by atoms with Gasteiger partial charge < -0.3 is 5.32 Å². The van der Waals surface area contributed by atoms with Gasteiger partial charge in [-0.1, -0.05) is 74.0 Å². The van der Waals surface area contributed by atoms with E-state index in [4.69, 9.17) is 11.6 Å². The molecule has 0 spiro atoms. The molecule has 0 unspecified atom stereocenters. The van der Waals surface area contributed by atoms with Crippen LogP contribution in [0.3, 0.4) is 0 Å². The number of hydrogen-bond acceptors (Lipinski definition) is 2. The number of benzene rings is 2. The molecule has 0 saturated heterocycles. The maximum absolute atomic E-state index is 12.3. The number of rotatable bonds is 8. The lowest BCUT2D eigenvalue weighted by atomic mass is 10.0. The fraction of sp³-hybridized carbons (Fsp3) is 0.350. The molecule has 0 fully saturated rings. The molecule has 0 heterocycles. The van der Waals surface area contributed by atoms with Crippen molar-refractivity contribution in [3.8, 4) is 0 Å². The molecule has 2 rings (SSSR count). The molecule has 0 bridgehead atoms. The van der Waals surface area contributed by atoms with E-state index in [0.29, 0.717) is 13.0 Å². The Labute approximate surface area is 149 Å². The molecular formula is C20H25ClN2O. The highest BCUT2D eigenvalue weighted by Crippen LogP contribution is 2.26. The smallest absolute Gasteiger partial charge is 0.224 e. The van der Waals surface area contributed by atoms with E-state index in [1.165, 1.54) is 0 Å². The second-order valence-corrected chi connectivity index (χ2v) is 6.13. The Morgan fingerprint density at radius 1 is 1.04 bits per heavy atom. The number of hydrogen-bond donors (Lipinski definition) is 1. The van der Waals surface area contributed by atoms with E-state index in [1.807, 2.05) is 54.6 Å². The summed E-state index contributed by atoms with van der Waals surface area (Å²) < 4.78 is 0. The minimum absolute atomic E-state index is 0.0328. The molecule has 0 radical (unpaired) electrons. The second kappa shape index (κ2) is 9.45. The van der Waals surface area contributed by atoms with E-state index in [-0.39, 0.29) is 11.9 Å². The fourth-order valence-electron chi connectivity index (χ4n) is 2.90. The Kier molecular flexibility index (Phi) is 7.29. The number of amides is 1. The molecule has 4 heteroatoms. The number of nitrogens with one attached hydrogen (secondary N) is 1.